The number of benzene rings is 2. The second kappa shape index (κ2) is 8.27. The number of halogens is 1. The Kier molecular flexibility index (Phi) is 5.56. The molecule has 150 valence electrons. The van der Waals surface area contributed by atoms with E-state index in [1.807, 2.05) is 23.1 Å². The molecule has 0 spiro atoms. The number of nitrogens with zero attached hydrogens (tertiary/aromatic N) is 3. The topological polar surface area (TPSA) is 53.1 Å². The molecule has 4 rings (SSSR count). The highest BCUT2D eigenvalue weighted by Crippen LogP contribution is 2.36. The Bertz CT molecular complexity index is 953. The lowest BCUT2D eigenvalue weighted by molar-refractivity contribution is -0.121. The summed E-state index contributed by atoms with van der Waals surface area (Å²) in [5.74, 6) is -0.462. The van der Waals surface area contributed by atoms with Gasteiger partial charge in [0.15, 0.2) is 0 Å². The minimum atomic E-state index is -0.511. The number of hydrogen-bond donors (Lipinski definition) is 0. The Morgan fingerprint density at radius 2 is 1.55 bits per heavy atom. The van der Waals surface area contributed by atoms with Crippen molar-refractivity contribution in [1.82, 2.24) is 9.80 Å². The highest BCUT2D eigenvalue weighted by molar-refractivity contribution is 6.52. The summed E-state index contributed by atoms with van der Waals surface area (Å²) in [6, 6.07) is 17.2. The predicted molar refractivity (Wildman–Crippen MR) is 112 cm³/mol. The zero-order valence-electron chi connectivity index (χ0n) is 16.2. The number of rotatable bonds is 5. The van der Waals surface area contributed by atoms with Crippen LogP contribution in [0.25, 0.3) is 0 Å². The zero-order chi connectivity index (χ0) is 20.4. The number of anilines is 1. The number of piperazine rings is 1. The molecule has 0 radical (unpaired) electrons. The molecule has 0 unspecified atom stereocenters. The van der Waals surface area contributed by atoms with Gasteiger partial charge in [0.1, 0.15) is 16.5 Å². The molecule has 2 aliphatic heterocycles. The average molecular weight is 412 g/mol. The first-order valence-electron chi connectivity index (χ1n) is 9.53. The van der Waals surface area contributed by atoms with Crippen molar-refractivity contribution in [3.05, 3.63) is 70.9 Å². The van der Waals surface area contributed by atoms with Crippen LogP contribution in [-0.4, -0.2) is 54.9 Å². The number of ether oxygens (including phenoxy) is 1. The Morgan fingerprint density at radius 3 is 2.24 bits per heavy atom. The van der Waals surface area contributed by atoms with Crippen molar-refractivity contribution >= 4 is 29.1 Å². The number of methoxy groups -OCH3 is 1. The van der Waals surface area contributed by atoms with E-state index in [0.717, 1.165) is 24.5 Å². The predicted octanol–water partition coefficient (Wildman–Crippen LogP) is 2.84. The van der Waals surface area contributed by atoms with Crippen LogP contribution in [0.4, 0.5) is 5.69 Å². The maximum Gasteiger partial charge on any atom is 0.283 e. The third-order valence-electron chi connectivity index (χ3n) is 5.27. The number of carbonyl (C=O) groups excluding carboxylic acids is 2. The van der Waals surface area contributed by atoms with Gasteiger partial charge in [-0.1, -0.05) is 54.1 Å². The van der Waals surface area contributed by atoms with E-state index in [-0.39, 0.29) is 10.7 Å². The van der Waals surface area contributed by atoms with Gasteiger partial charge in [0, 0.05) is 32.7 Å². The summed E-state index contributed by atoms with van der Waals surface area (Å²) in [4.78, 5) is 31.2. The highest BCUT2D eigenvalue weighted by Gasteiger charge is 2.42. The van der Waals surface area contributed by atoms with Crippen LogP contribution in [0.15, 0.2) is 65.3 Å². The molecule has 2 aromatic rings. The Hall–Kier alpha value is -2.83. The largest absolute Gasteiger partial charge is 0.495 e. The molecule has 0 N–H and O–H groups in total. The van der Waals surface area contributed by atoms with Gasteiger partial charge >= 0.3 is 0 Å². The summed E-state index contributed by atoms with van der Waals surface area (Å²) in [7, 11) is 1.51. The molecule has 0 bridgehead atoms. The number of amides is 2. The number of hydrogen-bond acceptors (Lipinski definition) is 5. The van der Waals surface area contributed by atoms with Crippen molar-refractivity contribution < 1.29 is 14.3 Å². The third-order valence-corrected chi connectivity index (χ3v) is 5.61. The minimum Gasteiger partial charge on any atom is -0.495 e. The first-order chi connectivity index (χ1) is 14.1. The maximum atomic E-state index is 13.1. The average Bonchev–Trinajstić information content (AvgIpc) is 2.98. The summed E-state index contributed by atoms with van der Waals surface area (Å²) in [5, 5.41) is -0.0302. The molecular weight excluding hydrogens is 390 g/mol. The van der Waals surface area contributed by atoms with Gasteiger partial charge in [-0.2, -0.15) is 0 Å². The summed E-state index contributed by atoms with van der Waals surface area (Å²) >= 11 is 6.33. The SMILES string of the molecule is COc1ccccc1N1C(=O)C(Cl)=C(N2CCN(Cc3ccccc3)CC2)C1=O. The Balaban J connectivity index is 1.48. The normalized spacial score (nSPS) is 18.0. The van der Waals surface area contributed by atoms with Crippen LogP contribution >= 0.6 is 11.6 Å². The number of para-hydroxylation sites is 2. The molecule has 0 saturated carbocycles. The van der Waals surface area contributed by atoms with Crippen molar-refractivity contribution in [1.29, 1.82) is 0 Å². The molecular formula is C22H22ClN3O3. The summed E-state index contributed by atoms with van der Waals surface area (Å²) in [6.45, 7) is 3.72. The van der Waals surface area contributed by atoms with Crippen molar-refractivity contribution in [2.75, 3.05) is 38.2 Å². The Morgan fingerprint density at radius 1 is 0.897 bits per heavy atom. The molecule has 2 aromatic carbocycles. The van der Waals surface area contributed by atoms with Gasteiger partial charge in [-0.05, 0) is 17.7 Å². The van der Waals surface area contributed by atoms with E-state index in [1.54, 1.807) is 24.3 Å². The van der Waals surface area contributed by atoms with Crippen LogP contribution in [0.1, 0.15) is 5.56 Å². The lowest BCUT2D eigenvalue weighted by Crippen LogP contribution is -2.47. The van der Waals surface area contributed by atoms with Gasteiger partial charge in [-0.15, -0.1) is 0 Å². The smallest absolute Gasteiger partial charge is 0.283 e. The number of carbonyl (C=O) groups is 2. The monoisotopic (exact) mass is 411 g/mol. The Labute approximate surface area is 174 Å². The van der Waals surface area contributed by atoms with E-state index in [4.69, 9.17) is 16.3 Å². The van der Waals surface area contributed by atoms with E-state index in [1.165, 1.54) is 12.7 Å². The molecule has 0 atom stereocenters. The molecule has 1 saturated heterocycles. The van der Waals surface area contributed by atoms with Gasteiger partial charge in [-0.3, -0.25) is 14.5 Å². The van der Waals surface area contributed by atoms with Crippen LogP contribution in [0.2, 0.25) is 0 Å². The van der Waals surface area contributed by atoms with Gasteiger partial charge in [0.25, 0.3) is 11.8 Å². The van der Waals surface area contributed by atoms with Crippen LogP contribution < -0.4 is 9.64 Å². The molecule has 0 aliphatic carbocycles. The summed E-state index contributed by atoms with van der Waals surface area (Å²) < 4.78 is 5.31. The maximum absolute atomic E-state index is 13.1. The molecule has 2 heterocycles. The minimum absolute atomic E-state index is 0.0302. The second-order valence-electron chi connectivity index (χ2n) is 7.03. The third kappa shape index (κ3) is 3.73. The summed E-state index contributed by atoms with van der Waals surface area (Å²) in [5.41, 5.74) is 1.94. The fraction of sp³-hybridized carbons (Fsp3) is 0.273. The molecule has 7 heteroatoms. The molecule has 2 aliphatic rings. The molecule has 2 amide bonds. The van der Waals surface area contributed by atoms with Gasteiger partial charge in [0.2, 0.25) is 0 Å². The van der Waals surface area contributed by atoms with E-state index >= 15 is 0 Å². The van der Waals surface area contributed by atoms with E-state index in [2.05, 4.69) is 17.0 Å². The zero-order valence-corrected chi connectivity index (χ0v) is 16.9. The fourth-order valence-electron chi connectivity index (χ4n) is 3.77. The molecule has 1 fully saturated rings. The van der Waals surface area contributed by atoms with Gasteiger partial charge < -0.3 is 9.64 Å². The van der Waals surface area contributed by atoms with E-state index in [9.17, 15) is 9.59 Å². The van der Waals surface area contributed by atoms with Crippen molar-refractivity contribution in [2.24, 2.45) is 0 Å². The van der Waals surface area contributed by atoms with Gasteiger partial charge in [-0.25, -0.2) is 4.90 Å². The van der Waals surface area contributed by atoms with E-state index in [0.29, 0.717) is 24.5 Å². The first-order valence-corrected chi connectivity index (χ1v) is 9.90. The quantitative estimate of drug-likeness (QED) is 0.708. The molecule has 6 nitrogen and oxygen atoms in total. The number of imide groups is 1. The van der Waals surface area contributed by atoms with E-state index < -0.39 is 11.8 Å². The van der Waals surface area contributed by atoms with Crippen molar-refractivity contribution in [2.45, 2.75) is 6.54 Å². The van der Waals surface area contributed by atoms with Crippen LogP contribution in [0.5, 0.6) is 5.75 Å². The van der Waals surface area contributed by atoms with Crippen LogP contribution in [0.3, 0.4) is 0 Å². The van der Waals surface area contributed by atoms with Crippen LogP contribution in [-0.2, 0) is 16.1 Å². The van der Waals surface area contributed by atoms with Crippen molar-refractivity contribution in [3.63, 3.8) is 0 Å². The standard InChI is InChI=1S/C22H22ClN3O3/c1-29-18-10-6-5-9-17(18)26-21(27)19(23)20(22(26)28)25-13-11-24(12-14-25)15-16-7-3-2-4-8-16/h2-10H,11-15H2,1H3. The molecule has 29 heavy (non-hydrogen) atoms. The van der Waals surface area contributed by atoms with Crippen molar-refractivity contribution in [3.8, 4) is 5.75 Å². The van der Waals surface area contributed by atoms with Crippen LogP contribution in [0, 0.1) is 0 Å². The summed E-state index contributed by atoms with van der Waals surface area (Å²) in [6.07, 6.45) is 0. The fourth-order valence-corrected chi connectivity index (χ4v) is 4.05. The molecule has 0 aromatic heterocycles. The van der Waals surface area contributed by atoms with Gasteiger partial charge in [0.05, 0.1) is 12.8 Å². The second-order valence-corrected chi connectivity index (χ2v) is 7.41. The highest BCUT2D eigenvalue weighted by atomic mass is 35.5. The lowest BCUT2D eigenvalue weighted by atomic mass is 10.2. The first kappa shape index (κ1) is 19.5. The lowest BCUT2D eigenvalue weighted by Gasteiger charge is -2.36.